The molecule has 1 amide bonds. The Morgan fingerprint density at radius 3 is 2.96 bits per heavy atom. The number of oxazole rings is 1. The minimum Gasteiger partial charge on any atom is -0.431 e. The fourth-order valence-corrected chi connectivity index (χ4v) is 2.78. The molecule has 0 radical (unpaired) electrons. The second kappa shape index (κ2) is 6.60. The van der Waals surface area contributed by atoms with Gasteiger partial charge in [0.25, 0.3) is 5.22 Å². The first-order chi connectivity index (χ1) is 11.0. The summed E-state index contributed by atoms with van der Waals surface area (Å²) in [5, 5.41) is 3.45. The van der Waals surface area contributed by atoms with E-state index in [4.69, 9.17) is 16.0 Å². The van der Waals surface area contributed by atoms with Crippen LogP contribution in [0.15, 0.2) is 46.0 Å². The molecule has 7 heteroatoms. The van der Waals surface area contributed by atoms with E-state index in [1.54, 1.807) is 31.2 Å². The standard InChI is InChI=1S/C16H12ClFN2O2S/c1-9-2-4-12(11(18)6-9)19-15(21)8-23-16-20-13-7-10(17)3-5-14(13)22-16/h2-7H,8H2,1H3,(H,19,21). The summed E-state index contributed by atoms with van der Waals surface area (Å²) in [5.74, 6) is -0.730. The number of nitrogens with one attached hydrogen (secondary N) is 1. The van der Waals surface area contributed by atoms with Crippen LogP contribution in [-0.4, -0.2) is 16.6 Å². The number of carbonyl (C=O) groups is 1. The number of hydrogen-bond donors (Lipinski definition) is 1. The number of carbonyl (C=O) groups excluding carboxylic acids is 1. The van der Waals surface area contributed by atoms with Crippen molar-refractivity contribution in [3.63, 3.8) is 0 Å². The van der Waals surface area contributed by atoms with E-state index in [1.165, 1.54) is 12.1 Å². The molecule has 0 aliphatic carbocycles. The molecule has 1 aromatic heterocycles. The lowest BCUT2D eigenvalue weighted by Gasteiger charge is -2.05. The molecule has 0 aliphatic heterocycles. The molecule has 0 aliphatic rings. The van der Waals surface area contributed by atoms with Crippen molar-refractivity contribution in [2.45, 2.75) is 12.1 Å². The average molecular weight is 351 g/mol. The largest absolute Gasteiger partial charge is 0.431 e. The smallest absolute Gasteiger partial charge is 0.257 e. The van der Waals surface area contributed by atoms with Gasteiger partial charge in [0.2, 0.25) is 5.91 Å². The van der Waals surface area contributed by atoms with Gasteiger partial charge in [0.05, 0.1) is 11.4 Å². The van der Waals surface area contributed by atoms with E-state index in [-0.39, 0.29) is 17.3 Å². The number of thioether (sulfide) groups is 1. The summed E-state index contributed by atoms with van der Waals surface area (Å²) in [6, 6.07) is 9.75. The summed E-state index contributed by atoms with van der Waals surface area (Å²) >= 11 is 7.02. The van der Waals surface area contributed by atoms with Crippen LogP contribution < -0.4 is 5.32 Å². The zero-order valence-electron chi connectivity index (χ0n) is 12.1. The first-order valence-corrected chi connectivity index (χ1v) is 8.12. The number of amides is 1. The number of hydrogen-bond acceptors (Lipinski definition) is 4. The van der Waals surface area contributed by atoms with E-state index in [0.717, 1.165) is 17.3 Å². The van der Waals surface area contributed by atoms with Crippen molar-refractivity contribution in [1.82, 2.24) is 4.98 Å². The van der Waals surface area contributed by atoms with Crippen LogP contribution in [0, 0.1) is 12.7 Å². The van der Waals surface area contributed by atoms with Crippen molar-refractivity contribution in [3.05, 3.63) is 52.8 Å². The molecule has 1 N–H and O–H groups in total. The van der Waals surface area contributed by atoms with Crippen molar-refractivity contribution in [2.24, 2.45) is 0 Å². The highest BCUT2D eigenvalue weighted by Gasteiger charge is 2.11. The lowest BCUT2D eigenvalue weighted by atomic mass is 10.2. The molecule has 4 nitrogen and oxygen atoms in total. The number of halogens is 2. The Labute approximate surface area is 141 Å². The van der Waals surface area contributed by atoms with Gasteiger partial charge in [0, 0.05) is 5.02 Å². The van der Waals surface area contributed by atoms with Gasteiger partial charge in [-0.3, -0.25) is 4.79 Å². The number of benzene rings is 2. The van der Waals surface area contributed by atoms with Gasteiger partial charge in [-0.1, -0.05) is 29.4 Å². The topological polar surface area (TPSA) is 55.1 Å². The molecule has 0 bridgehead atoms. The Morgan fingerprint density at radius 1 is 1.35 bits per heavy atom. The van der Waals surface area contributed by atoms with Crippen molar-refractivity contribution < 1.29 is 13.6 Å². The quantitative estimate of drug-likeness (QED) is 0.695. The normalized spacial score (nSPS) is 10.9. The van der Waals surface area contributed by atoms with Crippen LogP contribution in [0.3, 0.4) is 0 Å². The first-order valence-electron chi connectivity index (χ1n) is 6.76. The summed E-state index contributed by atoms with van der Waals surface area (Å²) in [5.41, 5.74) is 2.18. The fourth-order valence-electron chi connectivity index (χ4n) is 1.98. The third-order valence-electron chi connectivity index (χ3n) is 3.06. The highest BCUT2D eigenvalue weighted by molar-refractivity contribution is 7.99. The van der Waals surface area contributed by atoms with Crippen molar-refractivity contribution in [3.8, 4) is 0 Å². The molecule has 3 rings (SSSR count). The van der Waals surface area contributed by atoms with E-state index in [0.29, 0.717) is 21.3 Å². The van der Waals surface area contributed by atoms with E-state index in [2.05, 4.69) is 10.3 Å². The summed E-state index contributed by atoms with van der Waals surface area (Å²) in [6.45, 7) is 1.78. The average Bonchev–Trinajstić information content (AvgIpc) is 2.90. The Balaban J connectivity index is 1.63. The maximum atomic E-state index is 13.7. The van der Waals surface area contributed by atoms with Crippen molar-refractivity contribution in [1.29, 1.82) is 0 Å². The van der Waals surface area contributed by atoms with Gasteiger partial charge in [-0.05, 0) is 42.8 Å². The molecule has 0 saturated carbocycles. The molecule has 3 aromatic rings. The van der Waals surface area contributed by atoms with Crippen LogP contribution in [-0.2, 0) is 4.79 Å². The molecule has 23 heavy (non-hydrogen) atoms. The summed E-state index contributed by atoms with van der Waals surface area (Å²) in [4.78, 5) is 16.1. The number of anilines is 1. The molecule has 0 fully saturated rings. The molecular weight excluding hydrogens is 339 g/mol. The highest BCUT2D eigenvalue weighted by Crippen LogP contribution is 2.25. The first kappa shape index (κ1) is 15.8. The van der Waals surface area contributed by atoms with Crippen LogP contribution >= 0.6 is 23.4 Å². The molecule has 118 valence electrons. The van der Waals surface area contributed by atoms with Crippen LogP contribution in [0.5, 0.6) is 0 Å². The molecule has 2 aromatic carbocycles. The van der Waals surface area contributed by atoms with Gasteiger partial charge in [-0.25, -0.2) is 9.37 Å². The predicted molar refractivity (Wildman–Crippen MR) is 89.5 cm³/mol. The second-order valence-corrected chi connectivity index (χ2v) is 6.27. The minimum atomic E-state index is -0.458. The molecule has 1 heterocycles. The van der Waals surface area contributed by atoms with E-state index >= 15 is 0 Å². The zero-order chi connectivity index (χ0) is 16.4. The molecule has 0 saturated heterocycles. The van der Waals surface area contributed by atoms with Gasteiger partial charge in [0.1, 0.15) is 11.3 Å². The fraction of sp³-hybridized carbons (Fsp3) is 0.125. The molecular formula is C16H12ClFN2O2S. The van der Waals surface area contributed by atoms with Crippen LogP contribution in [0.4, 0.5) is 10.1 Å². The summed E-state index contributed by atoms with van der Waals surface area (Å²) < 4.78 is 19.2. The number of aromatic nitrogens is 1. The lowest BCUT2D eigenvalue weighted by molar-refractivity contribution is -0.113. The van der Waals surface area contributed by atoms with Gasteiger partial charge in [-0.2, -0.15) is 0 Å². The van der Waals surface area contributed by atoms with Crippen molar-refractivity contribution in [2.75, 3.05) is 11.1 Å². The summed E-state index contributed by atoms with van der Waals surface area (Å²) in [7, 11) is 0. The maximum Gasteiger partial charge on any atom is 0.257 e. The van der Waals surface area contributed by atoms with E-state index < -0.39 is 5.82 Å². The maximum absolute atomic E-state index is 13.7. The third-order valence-corrected chi connectivity index (χ3v) is 4.12. The van der Waals surface area contributed by atoms with E-state index in [1.807, 2.05) is 0 Å². The summed E-state index contributed by atoms with van der Waals surface area (Å²) in [6.07, 6.45) is 0. The van der Waals surface area contributed by atoms with Crippen LogP contribution in [0.2, 0.25) is 5.02 Å². The molecule has 0 spiro atoms. The van der Waals surface area contributed by atoms with Crippen LogP contribution in [0.25, 0.3) is 11.1 Å². The monoisotopic (exact) mass is 350 g/mol. The molecule has 0 atom stereocenters. The Bertz CT molecular complexity index is 882. The highest BCUT2D eigenvalue weighted by atomic mass is 35.5. The van der Waals surface area contributed by atoms with Gasteiger partial charge in [-0.15, -0.1) is 0 Å². The Morgan fingerprint density at radius 2 is 2.17 bits per heavy atom. The third kappa shape index (κ3) is 3.83. The predicted octanol–water partition coefficient (Wildman–Crippen LogP) is 4.66. The lowest BCUT2D eigenvalue weighted by Crippen LogP contribution is -2.15. The number of aryl methyl sites for hydroxylation is 1. The minimum absolute atomic E-state index is 0.0634. The number of nitrogens with zero attached hydrogens (tertiary/aromatic N) is 1. The van der Waals surface area contributed by atoms with Crippen LogP contribution in [0.1, 0.15) is 5.56 Å². The SMILES string of the molecule is Cc1ccc(NC(=O)CSc2nc3cc(Cl)ccc3o2)c(F)c1. The van der Waals surface area contributed by atoms with Gasteiger partial charge in [0.15, 0.2) is 5.58 Å². The Kier molecular flexibility index (Phi) is 4.54. The second-order valence-electron chi connectivity index (χ2n) is 4.91. The van der Waals surface area contributed by atoms with Gasteiger partial charge >= 0.3 is 0 Å². The molecule has 0 unspecified atom stereocenters. The Hall–Kier alpha value is -2.05. The number of fused-ring (bicyclic) bond motifs is 1. The van der Waals surface area contributed by atoms with Crippen molar-refractivity contribution >= 4 is 46.1 Å². The number of rotatable bonds is 4. The van der Waals surface area contributed by atoms with E-state index in [9.17, 15) is 9.18 Å². The zero-order valence-corrected chi connectivity index (χ0v) is 13.7. The van der Waals surface area contributed by atoms with Gasteiger partial charge < -0.3 is 9.73 Å².